The normalized spacial score (nSPS) is 22.9. The van der Waals surface area contributed by atoms with Crippen molar-refractivity contribution in [2.75, 3.05) is 34.4 Å². The van der Waals surface area contributed by atoms with Crippen molar-refractivity contribution in [3.8, 4) is 5.75 Å². The van der Waals surface area contributed by atoms with E-state index >= 15 is 0 Å². The van der Waals surface area contributed by atoms with Gasteiger partial charge >= 0.3 is 0 Å². The van der Waals surface area contributed by atoms with E-state index in [4.69, 9.17) is 14.2 Å². The Morgan fingerprint density at radius 1 is 1.20 bits per heavy atom. The molecule has 1 aliphatic heterocycles. The van der Waals surface area contributed by atoms with Gasteiger partial charge in [0.15, 0.2) is 0 Å². The first kappa shape index (κ1) is 15.0. The number of ether oxygens (including phenoxy) is 3. The zero-order chi connectivity index (χ0) is 14.5. The molecule has 0 saturated carbocycles. The fraction of sp³-hybridized carbons (Fsp3) is 0.533. The van der Waals surface area contributed by atoms with E-state index in [0.29, 0.717) is 12.1 Å². The Bertz CT molecular complexity index is 451. The lowest BCUT2D eigenvalue weighted by Gasteiger charge is -2.17. The van der Waals surface area contributed by atoms with Crippen LogP contribution in [0.2, 0.25) is 0 Å². The van der Waals surface area contributed by atoms with Crippen molar-refractivity contribution >= 4 is 6.29 Å². The number of benzene rings is 1. The molecule has 0 amide bonds. The summed E-state index contributed by atoms with van der Waals surface area (Å²) in [5, 5.41) is 0. The van der Waals surface area contributed by atoms with E-state index < -0.39 is 0 Å². The van der Waals surface area contributed by atoms with Gasteiger partial charge in [0.1, 0.15) is 12.0 Å². The SMILES string of the molecule is COc1ccc(C=O)cc1CN1CC(OC)C(OC)C1. The topological polar surface area (TPSA) is 48.0 Å². The minimum absolute atomic E-state index is 0.0836. The van der Waals surface area contributed by atoms with E-state index in [1.54, 1.807) is 27.4 Å². The second-order valence-electron chi connectivity index (χ2n) is 4.93. The Hall–Kier alpha value is -1.43. The van der Waals surface area contributed by atoms with Crippen LogP contribution in [0.5, 0.6) is 5.75 Å². The molecular formula is C15H21NO4. The summed E-state index contributed by atoms with van der Waals surface area (Å²) in [4.78, 5) is 13.1. The van der Waals surface area contributed by atoms with Gasteiger partial charge in [0.25, 0.3) is 0 Å². The molecule has 0 radical (unpaired) electrons. The molecule has 1 aliphatic rings. The number of carbonyl (C=O) groups excluding carboxylic acids is 1. The van der Waals surface area contributed by atoms with Crippen LogP contribution in [0.4, 0.5) is 0 Å². The maximum atomic E-state index is 10.9. The Morgan fingerprint density at radius 3 is 2.35 bits per heavy atom. The van der Waals surface area contributed by atoms with Gasteiger partial charge in [0, 0.05) is 45.0 Å². The van der Waals surface area contributed by atoms with Gasteiger partial charge in [-0.2, -0.15) is 0 Å². The highest BCUT2D eigenvalue weighted by molar-refractivity contribution is 5.75. The zero-order valence-electron chi connectivity index (χ0n) is 12.2. The van der Waals surface area contributed by atoms with Gasteiger partial charge in [-0.25, -0.2) is 0 Å². The molecule has 0 aliphatic carbocycles. The summed E-state index contributed by atoms with van der Waals surface area (Å²) in [6.07, 6.45) is 1.02. The summed E-state index contributed by atoms with van der Waals surface area (Å²) < 4.78 is 16.2. The molecule has 5 heteroatoms. The lowest BCUT2D eigenvalue weighted by atomic mass is 10.1. The van der Waals surface area contributed by atoms with Gasteiger partial charge in [-0.3, -0.25) is 9.69 Å². The third kappa shape index (κ3) is 3.17. The minimum atomic E-state index is 0.0836. The van der Waals surface area contributed by atoms with Crippen LogP contribution in [0.3, 0.4) is 0 Å². The first-order valence-electron chi connectivity index (χ1n) is 6.61. The summed E-state index contributed by atoms with van der Waals surface area (Å²) in [7, 11) is 5.04. The van der Waals surface area contributed by atoms with Gasteiger partial charge < -0.3 is 14.2 Å². The van der Waals surface area contributed by atoms with Crippen LogP contribution in [-0.4, -0.2) is 57.8 Å². The van der Waals surface area contributed by atoms with E-state index in [9.17, 15) is 4.79 Å². The van der Waals surface area contributed by atoms with E-state index in [1.165, 1.54) is 0 Å². The minimum Gasteiger partial charge on any atom is -0.496 e. The summed E-state index contributed by atoms with van der Waals surface area (Å²) in [6.45, 7) is 2.33. The Balaban J connectivity index is 2.12. The predicted molar refractivity (Wildman–Crippen MR) is 75.3 cm³/mol. The molecule has 2 atom stereocenters. The summed E-state index contributed by atoms with van der Waals surface area (Å²) in [5.41, 5.74) is 1.66. The Morgan fingerprint density at radius 2 is 1.85 bits per heavy atom. The lowest BCUT2D eigenvalue weighted by Crippen LogP contribution is -2.27. The molecule has 2 rings (SSSR count). The number of aldehydes is 1. The van der Waals surface area contributed by atoms with E-state index in [2.05, 4.69) is 4.90 Å². The average molecular weight is 279 g/mol. The highest BCUT2D eigenvalue weighted by Crippen LogP contribution is 2.24. The Labute approximate surface area is 119 Å². The number of methoxy groups -OCH3 is 3. The molecule has 1 aromatic carbocycles. The monoisotopic (exact) mass is 279 g/mol. The number of carbonyl (C=O) groups is 1. The fourth-order valence-corrected chi connectivity index (χ4v) is 2.64. The standard InChI is InChI=1S/C15H21NO4/c1-18-13-5-4-11(10-17)6-12(13)7-16-8-14(19-2)15(9-16)20-3/h4-6,10,14-15H,7-9H2,1-3H3. The van der Waals surface area contributed by atoms with Crippen molar-refractivity contribution in [3.63, 3.8) is 0 Å². The van der Waals surface area contributed by atoms with Crippen LogP contribution in [0.15, 0.2) is 18.2 Å². The number of hydrogen-bond donors (Lipinski definition) is 0. The highest BCUT2D eigenvalue weighted by Gasteiger charge is 2.33. The maximum Gasteiger partial charge on any atom is 0.150 e. The van der Waals surface area contributed by atoms with Gasteiger partial charge in [0.2, 0.25) is 0 Å². The third-order valence-electron chi connectivity index (χ3n) is 3.73. The van der Waals surface area contributed by atoms with Gasteiger partial charge in [-0.05, 0) is 18.2 Å². The molecule has 1 fully saturated rings. The predicted octanol–water partition coefficient (Wildman–Crippen LogP) is 1.35. The molecule has 110 valence electrons. The second kappa shape index (κ2) is 6.83. The van der Waals surface area contributed by atoms with Gasteiger partial charge in [-0.1, -0.05) is 0 Å². The molecule has 1 heterocycles. The number of rotatable bonds is 6. The first-order chi connectivity index (χ1) is 9.71. The summed E-state index contributed by atoms with van der Waals surface area (Å²) >= 11 is 0. The lowest BCUT2D eigenvalue weighted by molar-refractivity contribution is -0.00461. The van der Waals surface area contributed by atoms with Crippen molar-refractivity contribution < 1.29 is 19.0 Å². The van der Waals surface area contributed by atoms with Crippen LogP contribution < -0.4 is 4.74 Å². The van der Waals surface area contributed by atoms with Crippen molar-refractivity contribution in [2.45, 2.75) is 18.8 Å². The summed E-state index contributed by atoms with van der Waals surface area (Å²) in [6, 6.07) is 5.46. The second-order valence-corrected chi connectivity index (χ2v) is 4.93. The molecule has 1 aromatic rings. The van der Waals surface area contributed by atoms with E-state index in [-0.39, 0.29) is 12.2 Å². The molecule has 0 aromatic heterocycles. The van der Waals surface area contributed by atoms with Crippen molar-refractivity contribution in [1.29, 1.82) is 0 Å². The molecule has 2 unspecified atom stereocenters. The third-order valence-corrected chi connectivity index (χ3v) is 3.73. The van der Waals surface area contributed by atoms with Gasteiger partial charge in [0.05, 0.1) is 19.3 Å². The van der Waals surface area contributed by atoms with Crippen molar-refractivity contribution in [1.82, 2.24) is 4.90 Å². The smallest absolute Gasteiger partial charge is 0.150 e. The fourth-order valence-electron chi connectivity index (χ4n) is 2.64. The molecular weight excluding hydrogens is 258 g/mol. The first-order valence-corrected chi connectivity index (χ1v) is 6.61. The zero-order valence-corrected chi connectivity index (χ0v) is 12.2. The molecule has 1 saturated heterocycles. The largest absolute Gasteiger partial charge is 0.496 e. The summed E-state index contributed by atoms with van der Waals surface area (Å²) in [5.74, 6) is 0.797. The van der Waals surface area contributed by atoms with E-state index in [1.807, 2.05) is 12.1 Å². The highest BCUT2D eigenvalue weighted by atomic mass is 16.5. The number of likely N-dealkylation sites (tertiary alicyclic amines) is 1. The molecule has 0 spiro atoms. The van der Waals surface area contributed by atoms with Crippen LogP contribution in [0, 0.1) is 0 Å². The van der Waals surface area contributed by atoms with Crippen molar-refractivity contribution in [2.24, 2.45) is 0 Å². The molecule has 5 nitrogen and oxygen atoms in total. The van der Waals surface area contributed by atoms with Crippen molar-refractivity contribution in [3.05, 3.63) is 29.3 Å². The average Bonchev–Trinajstić information content (AvgIpc) is 2.89. The Kier molecular flexibility index (Phi) is 5.11. The quantitative estimate of drug-likeness (QED) is 0.736. The number of hydrogen-bond acceptors (Lipinski definition) is 5. The van der Waals surface area contributed by atoms with Crippen LogP contribution in [-0.2, 0) is 16.0 Å². The van der Waals surface area contributed by atoms with E-state index in [0.717, 1.165) is 30.7 Å². The maximum absolute atomic E-state index is 10.9. The molecule has 0 bridgehead atoms. The van der Waals surface area contributed by atoms with Gasteiger partial charge in [-0.15, -0.1) is 0 Å². The van der Waals surface area contributed by atoms with Crippen LogP contribution in [0.1, 0.15) is 15.9 Å². The van der Waals surface area contributed by atoms with Crippen LogP contribution in [0.25, 0.3) is 0 Å². The molecule has 20 heavy (non-hydrogen) atoms. The number of nitrogens with zero attached hydrogens (tertiary/aromatic N) is 1. The molecule has 0 N–H and O–H groups in total. The van der Waals surface area contributed by atoms with Crippen LogP contribution >= 0.6 is 0 Å².